The second-order valence-electron chi connectivity index (χ2n) is 3.56. The van der Waals surface area contributed by atoms with Gasteiger partial charge >= 0.3 is 0 Å². The van der Waals surface area contributed by atoms with Gasteiger partial charge in [0.2, 0.25) is 5.92 Å². The molecule has 0 amide bonds. The van der Waals surface area contributed by atoms with Gasteiger partial charge in [-0.15, -0.1) is 0 Å². The lowest BCUT2D eigenvalue weighted by molar-refractivity contribution is 0.0133. The predicted octanol–water partition coefficient (Wildman–Crippen LogP) is 3.58. The molecular formula is C11H14F2. The quantitative estimate of drug-likeness (QED) is 0.673. The highest BCUT2D eigenvalue weighted by Crippen LogP contribution is 2.19. The zero-order chi connectivity index (χ0) is 9.90. The summed E-state index contributed by atoms with van der Waals surface area (Å²) >= 11 is 0. The van der Waals surface area contributed by atoms with Crippen LogP contribution in [0.5, 0.6) is 0 Å². The molecule has 0 aromatic heterocycles. The average Bonchev–Trinajstić information content (AvgIpc) is 2.00. The molecule has 0 fully saturated rings. The number of alkyl halides is 2. The van der Waals surface area contributed by atoms with Gasteiger partial charge in [0, 0.05) is 6.42 Å². The van der Waals surface area contributed by atoms with E-state index in [-0.39, 0.29) is 6.42 Å². The fraction of sp³-hybridized carbons (Fsp3) is 0.455. The molecule has 72 valence electrons. The van der Waals surface area contributed by atoms with Crippen LogP contribution in [0.25, 0.3) is 0 Å². The first-order valence-electron chi connectivity index (χ1n) is 4.41. The summed E-state index contributed by atoms with van der Waals surface area (Å²) in [5, 5.41) is 0. The lowest BCUT2D eigenvalue weighted by atomic mass is 10.1. The lowest BCUT2D eigenvalue weighted by Gasteiger charge is -2.09. The lowest BCUT2D eigenvalue weighted by Crippen LogP contribution is -2.10. The van der Waals surface area contributed by atoms with E-state index in [0.717, 1.165) is 18.1 Å². The van der Waals surface area contributed by atoms with Crippen LogP contribution in [0.15, 0.2) is 24.3 Å². The number of halogens is 2. The first kappa shape index (κ1) is 10.2. The normalized spacial score (nSPS) is 11.7. The summed E-state index contributed by atoms with van der Waals surface area (Å²) in [5.41, 5.74) is 2.11. The van der Waals surface area contributed by atoms with Gasteiger partial charge in [-0.2, -0.15) is 0 Å². The Hall–Kier alpha value is -0.920. The van der Waals surface area contributed by atoms with Crippen molar-refractivity contribution in [2.24, 2.45) is 0 Å². The average molecular weight is 184 g/mol. The fourth-order valence-corrected chi connectivity index (χ4v) is 1.23. The second kappa shape index (κ2) is 3.86. The highest BCUT2D eigenvalue weighted by Gasteiger charge is 2.20. The Kier molecular flexibility index (Phi) is 3.02. The van der Waals surface area contributed by atoms with Crippen LogP contribution in [-0.2, 0) is 6.42 Å². The molecule has 1 rings (SSSR count). The van der Waals surface area contributed by atoms with Crippen LogP contribution in [-0.4, -0.2) is 5.92 Å². The monoisotopic (exact) mass is 184 g/mol. The Morgan fingerprint density at radius 2 is 2.00 bits per heavy atom. The minimum absolute atomic E-state index is 0.0730. The molecule has 0 aliphatic carbocycles. The first-order valence-corrected chi connectivity index (χ1v) is 4.41. The molecule has 1 aromatic rings. The van der Waals surface area contributed by atoms with Gasteiger partial charge in [0.25, 0.3) is 0 Å². The van der Waals surface area contributed by atoms with E-state index in [1.165, 1.54) is 0 Å². The Labute approximate surface area is 77.6 Å². The van der Waals surface area contributed by atoms with E-state index in [9.17, 15) is 8.78 Å². The van der Waals surface area contributed by atoms with E-state index in [1.54, 1.807) is 0 Å². The van der Waals surface area contributed by atoms with Crippen molar-refractivity contribution in [3.8, 4) is 0 Å². The Morgan fingerprint density at radius 1 is 1.31 bits per heavy atom. The van der Waals surface area contributed by atoms with Crippen molar-refractivity contribution < 1.29 is 8.78 Å². The minimum Gasteiger partial charge on any atom is -0.207 e. The van der Waals surface area contributed by atoms with Gasteiger partial charge in [0.1, 0.15) is 0 Å². The molecular weight excluding hydrogens is 170 g/mol. The van der Waals surface area contributed by atoms with Crippen molar-refractivity contribution >= 4 is 0 Å². The summed E-state index contributed by atoms with van der Waals surface area (Å²) in [4.78, 5) is 0. The van der Waals surface area contributed by atoms with Crippen LogP contribution in [0.1, 0.15) is 24.5 Å². The standard InChI is InChI=1S/C11H14F2/c1-9-4-3-5-10(8-9)6-7-11(2,12)13/h3-5,8H,6-7H2,1-2H3. The topological polar surface area (TPSA) is 0 Å². The molecule has 0 spiro atoms. The van der Waals surface area contributed by atoms with Gasteiger partial charge in [-0.3, -0.25) is 0 Å². The van der Waals surface area contributed by atoms with E-state index >= 15 is 0 Å². The van der Waals surface area contributed by atoms with E-state index in [4.69, 9.17) is 0 Å². The number of hydrogen-bond acceptors (Lipinski definition) is 0. The third kappa shape index (κ3) is 4.02. The molecule has 0 radical (unpaired) electrons. The summed E-state index contributed by atoms with van der Waals surface area (Å²) in [5.74, 6) is -2.55. The fourth-order valence-electron chi connectivity index (χ4n) is 1.23. The van der Waals surface area contributed by atoms with Gasteiger partial charge in [0.05, 0.1) is 0 Å². The molecule has 2 heteroatoms. The summed E-state index contributed by atoms with van der Waals surface area (Å²) < 4.78 is 25.0. The molecule has 0 heterocycles. The molecule has 0 unspecified atom stereocenters. The second-order valence-corrected chi connectivity index (χ2v) is 3.56. The molecule has 1 aromatic carbocycles. The molecule has 0 atom stereocenters. The summed E-state index contributed by atoms with van der Waals surface area (Å²) in [6.45, 7) is 2.93. The molecule has 0 nitrogen and oxygen atoms in total. The summed E-state index contributed by atoms with van der Waals surface area (Å²) in [6.07, 6.45) is 0.377. The van der Waals surface area contributed by atoms with Crippen LogP contribution in [0.2, 0.25) is 0 Å². The van der Waals surface area contributed by atoms with Crippen molar-refractivity contribution in [2.45, 2.75) is 32.6 Å². The highest BCUT2D eigenvalue weighted by molar-refractivity contribution is 5.22. The SMILES string of the molecule is Cc1cccc(CCC(C)(F)F)c1. The van der Waals surface area contributed by atoms with Crippen LogP contribution >= 0.6 is 0 Å². The van der Waals surface area contributed by atoms with E-state index in [2.05, 4.69) is 0 Å². The third-order valence-electron chi connectivity index (χ3n) is 1.94. The third-order valence-corrected chi connectivity index (χ3v) is 1.94. The van der Waals surface area contributed by atoms with Crippen molar-refractivity contribution in [3.63, 3.8) is 0 Å². The summed E-state index contributed by atoms with van der Waals surface area (Å²) in [7, 11) is 0. The maximum Gasteiger partial charge on any atom is 0.245 e. The Morgan fingerprint density at radius 3 is 2.54 bits per heavy atom. The summed E-state index contributed by atoms with van der Waals surface area (Å²) in [6, 6.07) is 7.70. The molecule has 13 heavy (non-hydrogen) atoms. The highest BCUT2D eigenvalue weighted by atomic mass is 19.3. The minimum atomic E-state index is -2.55. The zero-order valence-corrected chi connectivity index (χ0v) is 7.98. The van der Waals surface area contributed by atoms with Crippen LogP contribution in [0.3, 0.4) is 0 Å². The number of benzene rings is 1. The first-order chi connectivity index (χ1) is 5.97. The van der Waals surface area contributed by atoms with Gasteiger partial charge < -0.3 is 0 Å². The molecule has 0 saturated heterocycles. The molecule has 0 aliphatic rings. The molecule has 0 N–H and O–H groups in total. The number of rotatable bonds is 3. The van der Waals surface area contributed by atoms with Crippen LogP contribution in [0.4, 0.5) is 8.78 Å². The number of aryl methyl sites for hydroxylation is 2. The Bertz CT molecular complexity index is 274. The molecule has 0 aliphatic heterocycles. The Balaban J connectivity index is 2.55. The zero-order valence-electron chi connectivity index (χ0n) is 7.98. The van der Waals surface area contributed by atoms with Gasteiger partial charge in [0.15, 0.2) is 0 Å². The molecule has 0 saturated carbocycles. The largest absolute Gasteiger partial charge is 0.245 e. The predicted molar refractivity (Wildman–Crippen MR) is 50.1 cm³/mol. The van der Waals surface area contributed by atoms with Crippen molar-refractivity contribution in [1.29, 1.82) is 0 Å². The van der Waals surface area contributed by atoms with Crippen molar-refractivity contribution in [1.82, 2.24) is 0 Å². The van der Waals surface area contributed by atoms with Gasteiger partial charge in [-0.05, 0) is 25.8 Å². The maximum absolute atomic E-state index is 12.5. The van der Waals surface area contributed by atoms with E-state index in [1.807, 2.05) is 31.2 Å². The van der Waals surface area contributed by atoms with E-state index in [0.29, 0.717) is 6.42 Å². The van der Waals surface area contributed by atoms with Crippen LogP contribution in [0, 0.1) is 6.92 Å². The molecule has 0 bridgehead atoms. The van der Waals surface area contributed by atoms with Crippen molar-refractivity contribution in [2.75, 3.05) is 0 Å². The van der Waals surface area contributed by atoms with Crippen molar-refractivity contribution in [3.05, 3.63) is 35.4 Å². The smallest absolute Gasteiger partial charge is 0.207 e. The number of hydrogen-bond donors (Lipinski definition) is 0. The van der Waals surface area contributed by atoms with Crippen LogP contribution < -0.4 is 0 Å². The maximum atomic E-state index is 12.5. The van der Waals surface area contributed by atoms with Gasteiger partial charge in [-0.1, -0.05) is 29.8 Å². The van der Waals surface area contributed by atoms with E-state index < -0.39 is 5.92 Å². The van der Waals surface area contributed by atoms with Gasteiger partial charge in [-0.25, -0.2) is 8.78 Å².